The fourth-order valence-electron chi connectivity index (χ4n) is 3.10. The third kappa shape index (κ3) is 2.65. The Balaban J connectivity index is 1.96. The molecule has 1 unspecified atom stereocenters. The molecule has 2 aromatic heterocycles. The van der Waals surface area contributed by atoms with Gasteiger partial charge in [0.25, 0.3) is 11.5 Å². The summed E-state index contributed by atoms with van der Waals surface area (Å²) in [5, 5.41) is 8.94. The molecule has 3 rings (SSSR count). The highest BCUT2D eigenvalue weighted by Crippen LogP contribution is 2.38. The van der Waals surface area contributed by atoms with E-state index in [1.165, 1.54) is 23.9 Å². The second-order valence-corrected chi connectivity index (χ2v) is 6.11. The largest absolute Gasteiger partial charge is 0.330 e. The van der Waals surface area contributed by atoms with Crippen LogP contribution in [0.15, 0.2) is 16.9 Å². The lowest BCUT2D eigenvalue weighted by atomic mass is 10.1. The quantitative estimate of drug-likeness (QED) is 0.832. The van der Waals surface area contributed by atoms with Crippen molar-refractivity contribution in [3.05, 3.63) is 44.6 Å². The van der Waals surface area contributed by atoms with Crippen LogP contribution in [0.3, 0.4) is 0 Å². The van der Waals surface area contributed by atoms with Gasteiger partial charge in [-0.25, -0.2) is 4.68 Å². The molecular weight excluding hydrogens is 318 g/mol. The van der Waals surface area contributed by atoms with E-state index in [2.05, 4.69) is 10.2 Å². The Morgan fingerprint density at radius 1 is 1.26 bits per heavy atom. The van der Waals surface area contributed by atoms with Gasteiger partial charge in [-0.1, -0.05) is 11.6 Å². The van der Waals surface area contributed by atoms with Gasteiger partial charge >= 0.3 is 0 Å². The summed E-state index contributed by atoms with van der Waals surface area (Å²) in [5.74, 6) is -0.192. The van der Waals surface area contributed by atoms with Crippen LogP contribution in [0, 0.1) is 6.92 Å². The average molecular weight is 336 g/mol. The van der Waals surface area contributed by atoms with Crippen molar-refractivity contribution >= 4 is 17.5 Å². The molecule has 0 radical (unpaired) electrons. The summed E-state index contributed by atoms with van der Waals surface area (Å²) in [7, 11) is 3.32. The Morgan fingerprint density at radius 3 is 2.61 bits per heavy atom. The van der Waals surface area contributed by atoms with Crippen molar-refractivity contribution in [2.24, 2.45) is 14.1 Å². The number of likely N-dealkylation sites (tertiary alicyclic amines) is 1. The summed E-state index contributed by atoms with van der Waals surface area (Å²) in [4.78, 5) is 26.0. The number of carbonyl (C=O) groups is 1. The first-order valence-electron chi connectivity index (χ1n) is 7.44. The molecule has 23 heavy (non-hydrogen) atoms. The van der Waals surface area contributed by atoms with Crippen LogP contribution in [0.4, 0.5) is 0 Å². The SMILES string of the molecule is Cc1nn(C)c(Cl)c1C1CCCN1C(=O)c1ccc(=O)n(C)n1. The van der Waals surface area contributed by atoms with Crippen LogP contribution in [-0.2, 0) is 14.1 Å². The minimum atomic E-state index is -0.245. The molecule has 1 aliphatic heterocycles. The first-order valence-corrected chi connectivity index (χ1v) is 7.82. The molecule has 0 saturated carbocycles. The Bertz CT molecular complexity index is 826. The molecule has 1 aliphatic rings. The van der Waals surface area contributed by atoms with Gasteiger partial charge in [0.15, 0.2) is 0 Å². The maximum absolute atomic E-state index is 12.8. The number of rotatable bonds is 2. The van der Waals surface area contributed by atoms with Gasteiger partial charge in [0.2, 0.25) is 0 Å². The van der Waals surface area contributed by atoms with Crippen LogP contribution >= 0.6 is 11.6 Å². The normalized spacial score (nSPS) is 17.7. The molecule has 0 bridgehead atoms. The van der Waals surface area contributed by atoms with E-state index in [9.17, 15) is 9.59 Å². The van der Waals surface area contributed by atoms with E-state index in [0.29, 0.717) is 11.7 Å². The second-order valence-electron chi connectivity index (χ2n) is 5.75. The zero-order valence-electron chi connectivity index (χ0n) is 13.3. The van der Waals surface area contributed by atoms with Crippen LogP contribution in [-0.4, -0.2) is 36.9 Å². The van der Waals surface area contributed by atoms with E-state index in [1.54, 1.807) is 16.6 Å². The van der Waals surface area contributed by atoms with Crippen LogP contribution in [0.2, 0.25) is 5.15 Å². The van der Waals surface area contributed by atoms with Crippen LogP contribution in [0.1, 0.15) is 40.6 Å². The summed E-state index contributed by atoms with van der Waals surface area (Å²) < 4.78 is 2.79. The lowest BCUT2D eigenvalue weighted by molar-refractivity contribution is 0.0726. The van der Waals surface area contributed by atoms with E-state index in [0.717, 1.165) is 24.1 Å². The van der Waals surface area contributed by atoms with Gasteiger partial charge in [-0.2, -0.15) is 10.2 Å². The Labute approximate surface area is 138 Å². The maximum atomic E-state index is 12.8. The van der Waals surface area contributed by atoms with Crippen molar-refractivity contribution in [2.75, 3.05) is 6.54 Å². The Morgan fingerprint density at radius 2 is 2.00 bits per heavy atom. The molecule has 0 aromatic carbocycles. The predicted octanol–water partition coefficient (Wildman–Crippen LogP) is 1.45. The van der Waals surface area contributed by atoms with Crippen molar-refractivity contribution in [1.29, 1.82) is 0 Å². The highest BCUT2D eigenvalue weighted by Gasteiger charge is 2.35. The zero-order chi connectivity index (χ0) is 16.7. The minimum absolute atomic E-state index is 0.109. The number of carbonyl (C=O) groups excluding carboxylic acids is 1. The van der Waals surface area contributed by atoms with E-state index in [1.807, 2.05) is 6.92 Å². The Hall–Kier alpha value is -2.15. The molecule has 2 aromatic rings. The summed E-state index contributed by atoms with van der Waals surface area (Å²) >= 11 is 6.36. The first kappa shape index (κ1) is 15.7. The van der Waals surface area contributed by atoms with Gasteiger partial charge in [0, 0.05) is 32.3 Å². The van der Waals surface area contributed by atoms with Crippen molar-refractivity contribution in [2.45, 2.75) is 25.8 Å². The molecule has 8 heteroatoms. The predicted molar refractivity (Wildman–Crippen MR) is 85.4 cm³/mol. The number of halogens is 1. The second kappa shape index (κ2) is 5.81. The molecule has 1 atom stereocenters. The van der Waals surface area contributed by atoms with E-state index in [-0.39, 0.29) is 23.2 Å². The highest BCUT2D eigenvalue weighted by molar-refractivity contribution is 6.30. The van der Waals surface area contributed by atoms with Crippen molar-refractivity contribution in [3.8, 4) is 0 Å². The van der Waals surface area contributed by atoms with Gasteiger partial charge in [-0.3, -0.25) is 14.3 Å². The van der Waals surface area contributed by atoms with Crippen molar-refractivity contribution < 1.29 is 4.79 Å². The lowest BCUT2D eigenvalue weighted by Crippen LogP contribution is -2.33. The average Bonchev–Trinajstić information content (AvgIpc) is 3.06. The summed E-state index contributed by atoms with van der Waals surface area (Å²) in [6, 6.07) is 2.72. The van der Waals surface area contributed by atoms with Gasteiger partial charge in [0.05, 0.1) is 11.7 Å². The Kier molecular flexibility index (Phi) is 3.97. The topological polar surface area (TPSA) is 73.0 Å². The van der Waals surface area contributed by atoms with E-state index < -0.39 is 0 Å². The fraction of sp³-hybridized carbons (Fsp3) is 0.467. The smallest absolute Gasteiger partial charge is 0.274 e. The van der Waals surface area contributed by atoms with Gasteiger partial charge < -0.3 is 4.90 Å². The van der Waals surface area contributed by atoms with E-state index in [4.69, 9.17) is 11.6 Å². The van der Waals surface area contributed by atoms with Crippen LogP contribution in [0.25, 0.3) is 0 Å². The van der Waals surface area contributed by atoms with Gasteiger partial charge in [-0.15, -0.1) is 0 Å². The number of nitrogens with zero attached hydrogens (tertiary/aromatic N) is 5. The lowest BCUT2D eigenvalue weighted by Gasteiger charge is -2.24. The summed E-state index contributed by atoms with van der Waals surface area (Å²) in [6.07, 6.45) is 1.73. The molecule has 122 valence electrons. The number of aryl methyl sites for hydroxylation is 3. The zero-order valence-corrected chi connectivity index (χ0v) is 14.0. The molecule has 7 nitrogen and oxygen atoms in total. The number of hydrogen-bond donors (Lipinski definition) is 0. The van der Waals surface area contributed by atoms with Gasteiger partial charge in [-0.05, 0) is 25.8 Å². The van der Waals surface area contributed by atoms with Crippen molar-refractivity contribution in [1.82, 2.24) is 24.5 Å². The highest BCUT2D eigenvalue weighted by atomic mass is 35.5. The molecular formula is C15H18ClN5O2. The number of amides is 1. The molecule has 1 saturated heterocycles. The first-order chi connectivity index (χ1) is 10.9. The molecule has 0 N–H and O–H groups in total. The monoisotopic (exact) mass is 335 g/mol. The molecule has 0 aliphatic carbocycles. The van der Waals surface area contributed by atoms with Crippen molar-refractivity contribution in [3.63, 3.8) is 0 Å². The van der Waals surface area contributed by atoms with Crippen LogP contribution < -0.4 is 5.56 Å². The summed E-state index contributed by atoms with van der Waals surface area (Å²) in [6.45, 7) is 2.53. The number of hydrogen-bond acceptors (Lipinski definition) is 4. The van der Waals surface area contributed by atoms with Gasteiger partial charge in [0.1, 0.15) is 10.8 Å². The molecule has 3 heterocycles. The molecule has 1 fully saturated rings. The molecule has 1 amide bonds. The summed E-state index contributed by atoms with van der Waals surface area (Å²) in [5.41, 5.74) is 1.74. The number of aromatic nitrogens is 4. The third-order valence-electron chi connectivity index (χ3n) is 4.22. The maximum Gasteiger partial charge on any atom is 0.274 e. The van der Waals surface area contributed by atoms with Crippen LogP contribution in [0.5, 0.6) is 0 Å². The molecule has 0 spiro atoms. The van der Waals surface area contributed by atoms with E-state index >= 15 is 0 Å². The fourth-order valence-corrected chi connectivity index (χ4v) is 3.40. The minimum Gasteiger partial charge on any atom is -0.330 e. The third-order valence-corrected chi connectivity index (χ3v) is 4.67. The standard InChI is InChI=1S/C15H18ClN5O2/c1-9-13(14(16)20(3)17-9)11-5-4-8-21(11)15(23)10-6-7-12(22)19(2)18-10/h6-7,11H,4-5,8H2,1-3H3.